The van der Waals surface area contributed by atoms with E-state index in [0.29, 0.717) is 19.4 Å². The minimum Gasteiger partial charge on any atom is -0.394 e. The largest absolute Gasteiger partial charge is 0.394 e. The average molecular weight is 927 g/mol. The molecular formula is C48H78O17. The Hall–Kier alpha value is -0.940. The van der Waals surface area contributed by atoms with Crippen LogP contribution in [0.5, 0.6) is 0 Å². The van der Waals surface area contributed by atoms with Crippen molar-refractivity contribution in [2.75, 3.05) is 19.8 Å². The fourth-order valence-corrected chi connectivity index (χ4v) is 15.7. The van der Waals surface area contributed by atoms with Crippen molar-refractivity contribution in [2.45, 2.75) is 217 Å². The lowest BCUT2D eigenvalue weighted by atomic mass is 9.32. The SMILES string of the molecule is CC1OC(OC2C(COC3OC(CO)C(O)C(O)C3O)OC(O[C@@H]3CC[C@@]4(C)C5C=C[C@@]67OC[C@]8(CCC(C)(C)C[C@@H]86)[C@H](O)C[C@]7(C)[C@@]5(C)CC[C@@H]4C3(C)C)C(O)C2O)C(O)C(O)C1O. The summed E-state index contributed by atoms with van der Waals surface area (Å²) in [5, 5.41) is 109. The van der Waals surface area contributed by atoms with Crippen molar-refractivity contribution in [2.24, 2.45) is 50.2 Å². The van der Waals surface area contributed by atoms with E-state index >= 15 is 0 Å². The van der Waals surface area contributed by atoms with Crippen LogP contribution in [-0.4, -0.2) is 181 Å². The molecule has 0 aromatic carbocycles. The Labute approximate surface area is 382 Å². The molecule has 8 fully saturated rings. The Morgan fingerprint density at radius 2 is 1.28 bits per heavy atom. The van der Waals surface area contributed by atoms with E-state index in [9.17, 15) is 51.1 Å². The molecule has 9 rings (SSSR count). The van der Waals surface area contributed by atoms with Gasteiger partial charge in [0.25, 0.3) is 0 Å². The fraction of sp³-hybridized carbons (Fsp3) is 0.958. The molecule has 0 aromatic rings. The molecule has 17 heteroatoms. The van der Waals surface area contributed by atoms with Gasteiger partial charge in [0.05, 0.1) is 43.7 Å². The van der Waals surface area contributed by atoms with Gasteiger partial charge in [-0.2, -0.15) is 0 Å². The molecule has 16 unspecified atom stereocenters. The van der Waals surface area contributed by atoms with Gasteiger partial charge in [0.1, 0.15) is 67.1 Å². The highest BCUT2D eigenvalue weighted by molar-refractivity contribution is 5.36. The van der Waals surface area contributed by atoms with Gasteiger partial charge in [-0.15, -0.1) is 0 Å². The molecule has 9 aliphatic rings. The molecule has 2 bridgehead atoms. The smallest absolute Gasteiger partial charge is 0.187 e. The number of allylic oxidation sites excluding steroid dienone is 1. The van der Waals surface area contributed by atoms with Crippen molar-refractivity contribution in [3.05, 3.63) is 12.2 Å². The lowest BCUT2D eigenvalue weighted by Crippen LogP contribution is -2.72. The first kappa shape index (κ1) is 49.1. The third-order valence-electron chi connectivity index (χ3n) is 19.9. The lowest BCUT2D eigenvalue weighted by molar-refractivity contribution is -0.374. The highest BCUT2D eigenvalue weighted by atomic mass is 16.8. The quantitative estimate of drug-likeness (QED) is 0.118. The van der Waals surface area contributed by atoms with Gasteiger partial charge in [0.15, 0.2) is 18.9 Å². The Bertz CT molecular complexity index is 1780. The van der Waals surface area contributed by atoms with Gasteiger partial charge in [-0.05, 0) is 91.8 Å². The third kappa shape index (κ3) is 7.09. The number of fused-ring (bicyclic) bond motifs is 4. The van der Waals surface area contributed by atoms with Crippen LogP contribution in [0.1, 0.15) is 107 Å². The van der Waals surface area contributed by atoms with Crippen LogP contribution in [-0.2, 0) is 33.2 Å². The Morgan fingerprint density at radius 1 is 0.631 bits per heavy atom. The number of ether oxygens (including phenoxy) is 7. The van der Waals surface area contributed by atoms with Gasteiger partial charge >= 0.3 is 0 Å². The van der Waals surface area contributed by atoms with Crippen LogP contribution in [0.2, 0.25) is 0 Å². The Morgan fingerprint density at radius 3 is 1.98 bits per heavy atom. The zero-order valence-corrected chi connectivity index (χ0v) is 39.3. The summed E-state index contributed by atoms with van der Waals surface area (Å²) in [5.41, 5.74) is -1.61. The maximum Gasteiger partial charge on any atom is 0.187 e. The van der Waals surface area contributed by atoms with E-state index in [0.717, 1.165) is 38.5 Å². The van der Waals surface area contributed by atoms with Crippen molar-refractivity contribution < 1.29 is 84.2 Å². The molecule has 4 heterocycles. The molecule has 4 saturated carbocycles. The van der Waals surface area contributed by atoms with Crippen LogP contribution in [0.3, 0.4) is 0 Å². The van der Waals surface area contributed by atoms with Crippen molar-refractivity contribution in [3.63, 3.8) is 0 Å². The molecule has 0 aromatic heterocycles. The molecule has 0 amide bonds. The monoisotopic (exact) mass is 927 g/mol. The molecule has 65 heavy (non-hydrogen) atoms. The predicted molar refractivity (Wildman–Crippen MR) is 228 cm³/mol. The second kappa shape index (κ2) is 16.6. The topological polar surface area (TPSA) is 267 Å². The first-order chi connectivity index (χ1) is 30.3. The Kier molecular flexibility index (Phi) is 12.5. The van der Waals surface area contributed by atoms with Crippen LogP contribution in [0.15, 0.2) is 12.2 Å². The Balaban J connectivity index is 0.958. The summed E-state index contributed by atoms with van der Waals surface area (Å²) in [4.78, 5) is 0. The number of rotatable bonds is 8. The van der Waals surface area contributed by atoms with Gasteiger partial charge in [0, 0.05) is 16.7 Å². The summed E-state index contributed by atoms with van der Waals surface area (Å²) in [6, 6.07) is 0. The van der Waals surface area contributed by atoms with E-state index in [4.69, 9.17) is 33.2 Å². The summed E-state index contributed by atoms with van der Waals surface area (Å²) < 4.78 is 43.5. The third-order valence-corrected chi connectivity index (χ3v) is 19.9. The molecule has 25 atom stereocenters. The first-order valence-electron chi connectivity index (χ1n) is 24.3. The van der Waals surface area contributed by atoms with Crippen molar-refractivity contribution in [3.8, 4) is 0 Å². The lowest BCUT2D eigenvalue weighted by Gasteiger charge is -2.73. The van der Waals surface area contributed by atoms with Gasteiger partial charge in [-0.1, -0.05) is 60.6 Å². The summed E-state index contributed by atoms with van der Waals surface area (Å²) in [5.74, 6) is 0.593. The predicted octanol–water partition coefficient (Wildman–Crippen LogP) is 0.629. The van der Waals surface area contributed by atoms with Crippen molar-refractivity contribution >= 4 is 0 Å². The highest BCUT2D eigenvalue weighted by Crippen LogP contribution is 2.79. The standard InChI is InChI=1S/C48H78O17/c1-22-30(51)32(53)36(57)40(61-22)65-38-24(20-59-39-35(56)33(54)31(52)23(19-49)62-39)63-41(37(58)34(38)55)64-29-11-12-44(6)25(43(29,4)5)9-13-45(7)26(44)10-14-48-27-17-42(2,3)15-16-47(27,21-60-48)28(50)18-46(45,48)8/h10,14,22-41,49-58H,9,11-13,15-21H2,1-8H3/t22?,23?,24?,25-,26?,27+,28-,29-,30?,31?,32?,33?,34?,35?,36?,37?,38?,39?,40?,41?,44-,45+,46-,47+,48-/m1/s1. The molecule has 10 N–H and O–H groups in total. The average Bonchev–Trinajstić information content (AvgIpc) is 3.52. The second-order valence-electron chi connectivity index (χ2n) is 24.0. The van der Waals surface area contributed by atoms with E-state index in [2.05, 4.69) is 60.6 Å². The van der Waals surface area contributed by atoms with Crippen molar-refractivity contribution in [1.29, 1.82) is 0 Å². The zero-order valence-electron chi connectivity index (χ0n) is 39.3. The molecule has 1 spiro atoms. The van der Waals surface area contributed by atoms with E-state index in [-0.39, 0.29) is 44.8 Å². The number of aliphatic hydroxyl groups is 10. The molecule has 0 radical (unpaired) electrons. The maximum atomic E-state index is 12.2. The zero-order chi connectivity index (χ0) is 47.2. The van der Waals surface area contributed by atoms with Gasteiger partial charge in [-0.3, -0.25) is 0 Å². The minimum absolute atomic E-state index is 0.163. The first-order valence-corrected chi connectivity index (χ1v) is 24.3. The van der Waals surface area contributed by atoms with Gasteiger partial charge < -0.3 is 84.2 Å². The van der Waals surface area contributed by atoms with Gasteiger partial charge in [-0.25, -0.2) is 0 Å². The minimum atomic E-state index is -1.75. The summed E-state index contributed by atoms with van der Waals surface area (Å²) in [7, 11) is 0. The summed E-state index contributed by atoms with van der Waals surface area (Å²) in [6.07, 6.45) is -12.0. The number of hydrogen-bond acceptors (Lipinski definition) is 17. The van der Waals surface area contributed by atoms with Crippen molar-refractivity contribution in [1.82, 2.24) is 0 Å². The molecular weight excluding hydrogens is 849 g/mol. The highest BCUT2D eigenvalue weighted by Gasteiger charge is 2.79. The van der Waals surface area contributed by atoms with Crippen LogP contribution < -0.4 is 0 Å². The van der Waals surface area contributed by atoms with E-state index in [1.807, 2.05) is 0 Å². The van der Waals surface area contributed by atoms with Crippen LogP contribution in [0, 0.1) is 50.2 Å². The van der Waals surface area contributed by atoms with Gasteiger partial charge in [0.2, 0.25) is 0 Å². The van der Waals surface area contributed by atoms with E-state index in [1.165, 1.54) is 6.92 Å². The molecule has 5 aliphatic carbocycles. The van der Waals surface area contributed by atoms with Crippen LogP contribution in [0.25, 0.3) is 0 Å². The maximum absolute atomic E-state index is 12.2. The fourth-order valence-electron chi connectivity index (χ4n) is 15.7. The summed E-state index contributed by atoms with van der Waals surface area (Å²) in [6.45, 7) is 17.2. The van der Waals surface area contributed by atoms with Crippen LogP contribution >= 0.6 is 0 Å². The number of hydrogen-bond donors (Lipinski definition) is 10. The molecule has 17 nitrogen and oxygen atoms in total. The van der Waals surface area contributed by atoms with E-state index in [1.54, 1.807) is 0 Å². The summed E-state index contributed by atoms with van der Waals surface area (Å²) >= 11 is 0. The van der Waals surface area contributed by atoms with Crippen LogP contribution in [0.4, 0.5) is 0 Å². The van der Waals surface area contributed by atoms with E-state index < -0.39 is 129 Å². The normalized spacial score (nSPS) is 58.0. The molecule has 4 aliphatic heterocycles. The number of aliphatic hydroxyl groups excluding tert-OH is 10. The second-order valence-corrected chi connectivity index (χ2v) is 24.0. The molecule has 372 valence electrons. The molecule has 4 saturated heterocycles.